The average molecular weight is 252 g/mol. The molecule has 1 atom stereocenters. The van der Waals surface area contributed by atoms with Gasteiger partial charge in [-0.15, -0.1) is 11.6 Å². The zero-order valence-electron chi connectivity index (χ0n) is 10.7. The number of halogens is 1. The van der Waals surface area contributed by atoms with Gasteiger partial charge in [0.15, 0.2) is 0 Å². The molecule has 2 heteroatoms. The summed E-state index contributed by atoms with van der Waals surface area (Å²) in [5.74, 6) is 0.800. The number of hydrogen-bond acceptors (Lipinski definition) is 1. The summed E-state index contributed by atoms with van der Waals surface area (Å²) in [5, 5.41) is 0. The second-order valence-electron chi connectivity index (χ2n) is 5.08. The lowest BCUT2D eigenvalue weighted by atomic mass is 10.1. The predicted octanol–water partition coefficient (Wildman–Crippen LogP) is 3.98. The molecule has 1 aliphatic heterocycles. The first-order valence-electron chi connectivity index (χ1n) is 6.65. The van der Waals surface area contributed by atoms with Gasteiger partial charge in [-0.3, -0.25) is 4.90 Å². The van der Waals surface area contributed by atoms with Gasteiger partial charge in [-0.05, 0) is 44.7 Å². The molecule has 1 aromatic rings. The largest absolute Gasteiger partial charge is 0.296 e. The summed E-state index contributed by atoms with van der Waals surface area (Å²) < 4.78 is 0. The minimum absolute atomic E-state index is 0.759. The minimum Gasteiger partial charge on any atom is -0.296 e. The number of rotatable bonds is 5. The first-order valence-corrected chi connectivity index (χ1v) is 7.18. The number of hydrogen-bond donors (Lipinski definition) is 0. The number of nitrogens with zero attached hydrogens (tertiary/aromatic N) is 1. The van der Waals surface area contributed by atoms with Crippen molar-refractivity contribution in [3.63, 3.8) is 0 Å². The van der Waals surface area contributed by atoms with E-state index < -0.39 is 0 Å². The van der Waals surface area contributed by atoms with Gasteiger partial charge in [-0.25, -0.2) is 0 Å². The lowest BCUT2D eigenvalue weighted by Crippen LogP contribution is -2.28. The second kappa shape index (κ2) is 6.42. The molecular weight excluding hydrogens is 230 g/mol. The topological polar surface area (TPSA) is 3.24 Å². The number of aryl methyl sites for hydroxylation is 1. The monoisotopic (exact) mass is 251 g/mol. The van der Waals surface area contributed by atoms with Gasteiger partial charge in [0, 0.05) is 18.5 Å². The Hall–Kier alpha value is -0.530. The normalized spacial score (nSPS) is 20.9. The minimum atomic E-state index is 0.759. The molecule has 0 amide bonds. The maximum Gasteiger partial charge on any atom is 0.0236 e. The maximum atomic E-state index is 5.79. The van der Waals surface area contributed by atoms with Crippen molar-refractivity contribution in [2.45, 2.75) is 45.2 Å². The van der Waals surface area contributed by atoms with E-state index in [0.717, 1.165) is 24.9 Å². The highest BCUT2D eigenvalue weighted by Gasteiger charge is 2.23. The summed E-state index contributed by atoms with van der Waals surface area (Å²) in [6, 6.07) is 9.69. The highest BCUT2D eigenvalue weighted by Crippen LogP contribution is 2.23. The molecule has 1 unspecified atom stereocenters. The Morgan fingerprint density at radius 1 is 1.29 bits per heavy atom. The first-order chi connectivity index (χ1) is 8.29. The van der Waals surface area contributed by atoms with E-state index in [1.165, 1.54) is 36.9 Å². The molecule has 1 aliphatic rings. The third-order valence-electron chi connectivity index (χ3n) is 3.68. The summed E-state index contributed by atoms with van der Waals surface area (Å²) in [7, 11) is 0. The SMILES string of the molecule is Cc1ccc(CN2CCCC2CCCCl)cc1. The Labute approximate surface area is 110 Å². The highest BCUT2D eigenvalue weighted by atomic mass is 35.5. The fourth-order valence-electron chi connectivity index (χ4n) is 2.67. The molecule has 0 bridgehead atoms. The van der Waals surface area contributed by atoms with Gasteiger partial charge in [0.2, 0.25) is 0 Å². The molecule has 0 N–H and O–H groups in total. The fraction of sp³-hybridized carbons (Fsp3) is 0.600. The van der Waals surface area contributed by atoms with Crippen molar-refractivity contribution in [3.05, 3.63) is 35.4 Å². The third-order valence-corrected chi connectivity index (χ3v) is 3.94. The lowest BCUT2D eigenvalue weighted by molar-refractivity contribution is 0.234. The number of alkyl halides is 1. The van der Waals surface area contributed by atoms with Crippen LogP contribution in [0.25, 0.3) is 0 Å². The molecule has 17 heavy (non-hydrogen) atoms. The Balaban J connectivity index is 1.90. The van der Waals surface area contributed by atoms with Crippen LogP contribution in [0.1, 0.15) is 36.8 Å². The van der Waals surface area contributed by atoms with Crippen molar-refractivity contribution in [2.24, 2.45) is 0 Å². The van der Waals surface area contributed by atoms with Gasteiger partial charge >= 0.3 is 0 Å². The Morgan fingerprint density at radius 2 is 2.06 bits per heavy atom. The van der Waals surface area contributed by atoms with Gasteiger partial charge in [0.25, 0.3) is 0 Å². The molecule has 1 nitrogen and oxygen atoms in total. The van der Waals surface area contributed by atoms with Gasteiger partial charge < -0.3 is 0 Å². The van der Waals surface area contributed by atoms with Crippen LogP contribution in [0.15, 0.2) is 24.3 Å². The van der Waals surface area contributed by atoms with Crippen LogP contribution in [0, 0.1) is 6.92 Å². The van der Waals surface area contributed by atoms with Gasteiger partial charge in [-0.1, -0.05) is 29.8 Å². The average Bonchev–Trinajstić information content (AvgIpc) is 2.77. The van der Waals surface area contributed by atoms with Crippen molar-refractivity contribution in [3.8, 4) is 0 Å². The second-order valence-corrected chi connectivity index (χ2v) is 5.46. The standard InChI is InChI=1S/C15H22ClN/c1-13-6-8-14(9-7-13)12-17-11-3-5-15(17)4-2-10-16/h6-9,15H,2-5,10-12H2,1H3. The van der Waals surface area contributed by atoms with Crippen LogP contribution in [-0.2, 0) is 6.54 Å². The van der Waals surface area contributed by atoms with E-state index in [9.17, 15) is 0 Å². The maximum absolute atomic E-state index is 5.79. The Morgan fingerprint density at radius 3 is 2.76 bits per heavy atom. The van der Waals surface area contributed by atoms with Crippen molar-refractivity contribution in [1.82, 2.24) is 4.90 Å². The zero-order chi connectivity index (χ0) is 12.1. The quantitative estimate of drug-likeness (QED) is 0.716. The van der Waals surface area contributed by atoms with E-state index >= 15 is 0 Å². The van der Waals surface area contributed by atoms with Crippen LogP contribution in [0.2, 0.25) is 0 Å². The van der Waals surface area contributed by atoms with Crippen LogP contribution in [0.5, 0.6) is 0 Å². The molecule has 1 aromatic carbocycles. The molecule has 0 spiro atoms. The molecule has 2 rings (SSSR count). The molecule has 1 heterocycles. The smallest absolute Gasteiger partial charge is 0.0236 e. The molecule has 94 valence electrons. The van der Waals surface area contributed by atoms with Gasteiger partial charge in [0.05, 0.1) is 0 Å². The molecule has 0 saturated carbocycles. The summed E-state index contributed by atoms with van der Waals surface area (Å²) in [6.07, 6.45) is 5.10. The van der Waals surface area contributed by atoms with Gasteiger partial charge in [-0.2, -0.15) is 0 Å². The van der Waals surface area contributed by atoms with E-state index in [4.69, 9.17) is 11.6 Å². The van der Waals surface area contributed by atoms with E-state index in [1.54, 1.807) is 0 Å². The molecule has 0 aliphatic carbocycles. The molecule has 1 saturated heterocycles. The summed E-state index contributed by atoms with van der Waals surface area (Å²) in [5.41, 5.74) is 2.78. The van der Waals surface area contributed by atoms with Crippen LogP contribution < -0.4 is 0 Å². The number of benzene rings is 1. The fourth-order valence-corrected chi connectivity index (χ4v) is 2.83. The number of likely N-dealkylation sites (tertiary alicyclic amines) is 1. The first kappa shape index (κ1) is 12.9. The van der Waals surface area contributed by atoms with E-state index in [2.05, 4.69) is 36.1 Å². The molecule has 0 radical (unpaired) electrons. The van der Waals surface area contributed by atoms with Crippen molar-refractivity contribution < 1.29 is 0 Å². The van der Waals surface area contributed by atoms with Gasteiger partial charge in [0.1, 0.15) is 0 Å². The van der Waals surface area contributed by atoms with E-state index in [-0.39, 0.29) is 0 Å². The lowest BCUT2D eigenvalue weighted by Gasteiger charge is -2.24. The van der Waals surface area contributed by atoms with Crippen molar-refractivity contribution >= 4 is 11.6 Å². The van der Waals surface area contributed by atoms with Crippen molar-refractivity contribution in [2.75, 3.05) is 12.4 Å². The molecule has 0 aromatic heterocycles. The zero-order valence-corrected chi connectivity index (χ0v) is 11.4. The Kier molecular flexibility index (Phi) is 4.87. The highest BCUT2D eigenvalue weighted by molar-refractivity contribution is 6.17. The van der Waals surface area contributed by atoms with Crippen LogP contribution >= 0.6 is 11.6 Å². The summed E-state index contributed by atoms with van der Waals surface area (Å²) >= 11 is 5.79. The third kappa shape index (κ3) is 3.72. The van der Waals surface area contributed by atoms with E-state index in [1.807, 2.05) is 0 Å². The molecular formula is C15H22ClN. The molecule has 1 fully saturated rings. The Bertz CT molecular complexity index is 333. The van der Waals surface area contributed by atoms with Crippen LogP contribution in [-0.4, -0.2) is 23.4 Å². The van der Waals surface area contributed by atoms with Crippen molar-refractivity contribution in [1.29, 1.82) is 0 Å². The van der Waals surface area contributed by atoms with E-state index in [0.29, 0.717) is 0 Å². The summed E-state index contributed by atoms with van der Waals surface area (Å²) in [4.78, 5) is 2.62. The van der Waals surface area contributed by atoms with Crippen LogP contribution in [0.4, 0.5) is 0 Å². The summed E-state index contributed by atoms with van der Waals surface area (Å²) in [6.45, 7) is 4.50. The predicted molar refractivity (Wildman–Crippen MR) is 74.6 cm³/mol. The van der Waals surface area contributed by atoms with Crippen LogP contribution in [0.3, 0.4) is 0 Å².